The summed E-state index contributed by atoms with van der Waals surface area (Å²) in [6.45, 7) is 0. The first-order valence-electron chi connectivity index (χ1n) is 26.5. The molecule has 11 aromatic rings. The molecule has 2 aliphatic carbocycles. The van der Waals surface area contributed by atoms with Gasteiger partial charge in [0.1, 0.15) is 0 Å². The monoisotopic (exact) mass is 960 g/mol. The molecule has 0 aromatic heterocycles. The van der Waals surface area contributed by atoms with Gasteiger partial charge in [-0.3, -0.25) is 0 Å². The molecule has 1 spiro atoms. The number of hydrogen-bond acceptors (Lipinski definition) is 4. The van der Waals surface area contributed by atoms with Crippen molar-refractivity contribution in [2.75, 3.05) is 19.6 Å². The summed E-state index contributed by atoms with van der Waals surface area (Å²) in [4.78, 5) is 9.72. The summed E-state index contributed by atoms with van der Waals surface area (Å²) < 4.78 is 0. The second-order valence-electron chi connectivity index (χ2n) is 20.4. The minimum absolute atomic E-state index is 0.00131. The van der Waals surface area contributed by atoms with Crippen LogP contribution in [0.4, 0.5) is 68.2 Å². The first-order valence-corrected chi connectivity index (χ1v) is 26.5. The molecule has 0 atom stereocenters. The van der Waals surface area contributed by atoms with E-state index in [1.165, 1.54) is 109 Å². The van der Waals surface area contributed by atoms with Crippen molar-refractivity contribution in [3.8, 4) is 22.3 Å². The maximum Gasteiger partial charge on any atom is 0.0703 e. The van der Waals surface area contributed by atoms with E-state index in [-0.39, 0.29) is 5.41 Å². The standard InChI is InChI=1S/C71H52N4/c1-3-19-52(20-4-1)72-63-25-9-11-27-65(63)74(66-28-12-10-26-64(66)72)54-40-42-58-57-41-37-50(47-60(57)71(61(58)48-54)45-17-18-46-71)34-33-49-35-38-51(39-36-49)55-43-44-62(59-24-8-7-23-56(55)59)75-69-31-15-13-29-67(69)73(53-21-5-2-6-22-53)68-30-14-16-32-70(68)75/h1-16,19-44,47-48H,17-18,45-46H2/b34-33+. The van der Waals surface area contributed by atoms with Crippen LogP contribution in [0.3, 0.4) is 0 Å². The molecule has 11 aromatic carbocycles. The van der Waals surface area contributed by atoms with Gasteiger partial charge in [-0.25, -0.2) is 0 Å². The molecule has 356 valence electrons. The minimum atomic E-state index is -0.00131. The van der Waals surface area contributed by atoms with Crippen LogP contribution >= 0.6 is 0 Å². The topological polar surface area (TPSA) is 13.0 Å². The normalized spacial score (nSPS) is 14.7. The molecular formula is C71H52N4. The quantitative estimate of drug-likeness (QED) is 0.148. The number of para-hydroxylation sites is 10. The Kier molecular flexibility index (Phi) is 10.0. The van der Waals surface area contributed by atoms with Gasteiger partial charge in [0.15, 0.2) is 0 Å². The van der Waals surface area contributed by atoms with Gasteiger partial charge in [0.25, 0.3) is 0 Å². The summed E-state index contributed by atoms with van der Waals surface area (Å²) in [6, 6.07) is 93.8. The molecule has 4 aliphatic rings. The number of benzene rings is 11. The molecule has 1 fully saturated rings. The number of nitrogens with zero attached hydrogens (tertiary/aromatic N) is 4. The molecule has 15 rings (SSSR count). The number of anilines is 12. The Labute approximate surface area is 439 Å². The Morgan fingerprint density at radius 1 is 0.280 bits per heavy atom. The van der Waals surface area contributed by atoms with Gasteiger partial charge < -0.3 is 19.6 Å². The van der Waals surface area contributed by atoms with E-state index >= 15 is 0 Å². The van der Waals surface area contributed by atoms with E-state index in [4.69, 9.17) is 0 Å². The van der Waals surface area contributed by atoms with Crippen molar-refractivity contribution in [2.24, 2.45) is 0 Å². The Hall–Kier alpha value is -9.38. The highest BCUT2D eigenvalue weighted by molar-refractivity contribution is 6.10. The smallest absolute Gasteiger partial charge is 0.0703 e. The van der Waals surface area contributed by atoms with Crippen molar-refractivity contribution in [3.63, 3.8) is 0 Å². The van der Waals surface area contributed by atoms with Crippen LogP contribution in [0.1, 0.15) is 47.9 Å². The molecule has 0 radical (unpaired) electrons. The lowest BCUT2D eigenvalue weighted by molar-refractivity contribution is 0.550. The molecule has 0 saturated heterocycles. The van der Waals surface area contributed by atoms with Gasteiger partial charge in [-0.15, -0.1) is 0 Å². The summed E-state index contributed by atoms with van der Waals surface area (Å²) >= 11 is 0. The van der Waals surface area contributed by atoms with Crippen LogP contribution in [-0.4, -0.2) is 0 Å². The summed E-state index contributed by atoms with van der Waals surface area (Å²) in [5, 5.41) is 2.44. The van der Waals surface area contributed by atoms with E-state index in [2.05, 4.69) is 287 Å². The second-order valence-corrected chi connectivity index (χ2v) is 20.4. The summed E-state index contributed by atoms with van der Waals surface area (Å²) in [5.74, 6) is 0. The predicted molar refractivity (Wildman–Crippen MR) is 315 cm³/mol. The Balaban J connectivity index is 0.735. The molecule has 75 heavy (non-hydrogen) atoms. The van der Waals surface area contributed by atoms with E-state index < -0.39 is 0 Å². The van der Waals surface area contributed by atoms with E-state index in [0.717, 1.165) is 39.8 Å². The second kappa shape index (κ2) is 17.4. The molecular weight excluding hydrogens is 909 g/mol. The van der Waals surface area contributed by atoms with E-state index in [0.29, 0.717) is 0 Å². The fraction of sp³-hybridized carbons (Fsp3) is 0.0704. The van der Waals surface area contributed by atoms with Gasteiger partial charge in [-0.2, -0.15) is 0 Å². The van der Waals surface area contributed by atoms with Gasteiger partial charge in [0.05, 0.1) is 51.2 Å². The number of hydrogen-bond donors (Lipinski definition) is 0. The SMILES string of the molecule is C(=C\c1ccc2c(c1)C1(CCCC1)c1cc(N3c4ccccc4N(c4ccccc4)c4ccccc43)ccc1-2)/c1ccc(-c2ccc(N3c4ccccc4N(c4ccccc4)c4ccccc43)c3ccccc23)cc1. The highest BCUT2D eigenvalue weighted by Crippen LogP contribution is 2.60. The van der Waals surface area contributed by atoms with E-state index in [1.54, 1.807) is 0 Å². The third kappa shape index (κ3) is 6.83. The summed E-state index contributed by atoms with van der Waals surface area (Å²) in [6.07, 6.45) is 9.40. The lowest BCUT2D eigenvalue weighted by Crippen LogP contribution is -2.25. The highest BCUT2D eigenvalue weighted by Gasteiger charge is 2.46. The first-order chi connectivity index (χ1) is 37.2. The lowest BCUT2D eigenvalue weighted by Gasteiger charge is -2.40. The third-order valence-corrected chi connectivity index (χ3v) is 16.4. The Morgan fingerprint density at radius 3 is 1.21 bits per heavy atom. The Morgan fingerprint density at radius 2 is 0.680 bits per heavy atom. The Bertz CT molecular complexity index is 3940. The van der Waals surface area contributed by atoms with Crippen molar-refractivity contribution in [3.05, 3.63) is 277 Å². The van der Waals surface area contributed by atoms with Crippen LogP contribution in [0.2, 0.25) is 0 Å². The van der Waals surface area contributed by atoms with Gasteiger partial charge in [0.2, 0.25) is 0 Å². The maximum absolute atomic E-state index is 2.53. The molecule has 0 N–H and O–H groups in total. The zero-order valence-electron chi connectivity index (χ0n) is 41.5. The van der Waals surface area contributed by atoms with E-state index in [1.807, 2.05) is 0 Å². The van der Waals surface area contributed by atoms with Crippen molar-refractivity contribution in [1.29, 1.82) is 0 Å². The molecule has 2 heterocycles. The van der Waals surface area contributed by atoms with Gasteiger partial charge in [-0.05, 0) is 154 Å². The fourth-order valence-corrected chi connectivity index (χ4v) is 13.1. The minimum Gasteiger partial charge on any atom is -0.306 e. The predicted octanol–water partition coefficient (Wildman–Crippen LogP) is 20.0. The van der Waals surface area contributed by atoms with Crippen LogP contribution in [0.25, 0.3) is 45.2 Å². The van der Waals surface area contributed by atoms with Gasteiger partial charge >= 0.3 is 0 Å². The largest absolute Gasteiger partial charge is 0.306 e. The number of fused-ring (bicyclic) bond motifs is 10. The highest BCUT2D eigenvalue weighted by atomic mass is 15.3. The molecule has 0 unspecified atom stereocenters. The molecule has 1 saturated carbocycles. The maximum atomic E-state index is 2.53. The zero-order chi connectivity index (χ0) is 49.5. The fourth-order valence-electron chi connectivity index (χ4n) is 13.1. The third-order valence-electron chi connectivity index (χ3n) is 16.4. The van der Waals surface area contributed by atoms with Crippen molar-refractivity contribution >= 4 is 91.2 Å². The van der Waals surface area contributed by atoms with Crippen LogP contribution < -0.4 is 19.6 Å². The van der Waals surface area contributed by atoms with Crippen molar-refractivity contribution < 1.29 is 0 Å². The molecule has 4 heteroatoms. The molecule has 4 nitrogen and oxygen atoms in total. The molecule has 0 bridgehead atoms. The van der Waals surface area contributed by atoms with Gasteiger partial charge in [-0.1, -0.05) is 189 Å². The molecule has 0 amide bonds. The summed E-state index contributed by atoms with van der Waals surface area (Å²) in [7, 11) is 0. The average molecular weight is 961 g/mol. The average Bonchev–Trinajstić information content (AvgIpc) is 4.08. The van der Waals surface area contributed by atoms with Crippen LogP contribution in [0, 0.1) is 0 Å². The lowest BCUT2D eigenvalue weighted by atomic mass is 9.76. The van der Waals surface area contributed by atoms with E-state index in [9.17, 15) is 0 Å². The summed E-state index contributed by atoms with van der Waals surface area (Å²) in [5.41, 5.74) is 24.6. The van der Waals surface area contributed by atoms with Crippen molar-refractivity contribution in [2.45, 2.75) is 31.1 Å². The van der Waals surface area contributed by atoms with Gasteiger partial charge in [0, 0.05) is 27.9 Å². The van der Waals surface area contributed by atoms with Crippen LogP contribution in [0.5, 0.6) is 0 Å². The number of rotatable bonds is 7. The van der Waals surface area contributed by atoms with Crippen LogP contribution in [0.15, 0.2) is 255 Å². The first kappa shape index (κ1) is 43.2. The molecule has 2 aliphatic heterocycles. The van der Waals surface area contributed by atoms with Crippen molar-refractivity contribution in [1.82, 2.24) is 0 Å². The zero-order valence-corrected chi connectivity index (χ0v) is 41.5. The van der Waals surface area contributed by atoms with Crippen LogP contribution in [-0.2, 0) is 5.41 Å².